The lowest BCUT2D eigenvalue weighted by Crippen LogP contribution is -2.22. The maximum absolute atomic E-state index is 8.92. The monoisotopic (exact) mass is 269 g/mol. The molecule has 0 spiro atoms. The Morgan fingerprint density at radius 2 is 2.05 bits per heavy atom. The van der Waals surface area contributed by atoms with Crippen LogP contribution in [0, 0.1) is 11.3 Å². The zero-order chi connectivity index (χ0) is 14.4. The van der Waals surface area contributed by atoms with Gasteiger partial charge in [0, 0.05) is 25.3 Å². The van der Waals surface area contributed by atoms with Gasteiger partial charge in [0.2, 0.25) is 0 Å². The Morgan fingerprint density at radius 1 is 1.30 bits per heavy atom. The van der Waals surface area contributed by atoms with Crippen LogP contribution in [0.25, 0.3) is 0 Å². The Morgan fingerprint density at radius 3 is 2.70 bits per heavy atom. The molecule has 6 nitrogen and oxygen atoms in total. The van der Waals surface area contributed by atoms with Crippen LogP contribution in [-0.4, -0.2) is 35.3 Å². The summed E-state index contributed by atoms with van der Waals surface area (Å²) >= 11 is 0. The van der Waals surface area contributed by atoms with E-state index >= 15 is 0 Å². The van der Waals surface area contributed by atoms with Crippen LogP contribution >= 0.6 is 0 Å². The second kappa shape index (κ2) is 6.50. The van der Waals surface area contributed by atoms with Crippen molar-refractivity contribution in [1.29, 1.82) is 5.26 Å². The topological polar surface area (TPSA) is 85.1 Å². The highest BCUT2D eigenvalue weighted by molar-refractivity contribution is 5.60. The lowest BCUT2D eigenvalue weighted by molar-refractivity contribution is 0.304. The fraction of sp³-hybridized carbons (Fsp3) is 0.214. The van der Waals surface area contributed by atoms with Gasteiger partial charge in [0.15, 0.2) is 0 Å². The minimum Gasteiger partial charge on any atom is -0.395 e. The molecule has 0 aliphatic rings. The molecule has 0 unspecified atom stereocenters. The normalized spacial score (nSPS) is 9.85. The van der Waals surface area contributed by atoms with Crippen molar-refractivity contribution in [1.82, 2.24) is 9.97 Å². The summed E-state index contributed by atoms with van der Waals surface area (Å²) in [6.45, 7) is 0.576. The van der Waals surface area contributed by atoms with E-state index in [1.165, 1.54) is 6.33 Å². The van der Waals surface area contributed by atoms with Crippen LogP contribution in [0.4, 0.5) is 17.3 Å². The van der Waals surface area contributed by atoms with E-state index in [9.17, 15) is 0 Å². The highest BCUT2D eigenvalue weighted by Crippen LogP contribution is 2.18. The summed E-state index contributed by atoms with van der Waals surface area (Å²) in [7, 11) is 1.85. The quantitative estimate of drug-likeness (QED) is 0.856. The van der Waals surface area contributed by atoms with Gasteiger partial charge in [-0.2, -0.15) is 5.26 Å². The average Bonchev–Trinajstić information content (AvgIpc) is 2.48. The van der Waals surface area contributed by atoms with E-state index in [1.807, 2.05) is 24.1 Å². The molecular formula is C14H15N5O. The van der Waals surface area contributed by atoms with Crippen molar-refractivity contribution in [2.24, 2.45) is 0 Å². The van der Waals surface area contributed by atoms with Gasteiger partial charge in [-0.25, -0.2) is 9.97 Å². The molecule has 2 N–H and O–H groups in total. The molecule has 1 heterocycles. The van der Waals surface area contributed by atoms with E-state index in [0.717, 1.165) is 11.5 Å². The zero-order valence-electron chi connectivity index (χ0n) is 11.1. The summed E-state index contributed by atoms with van der Waals surface area (Å²) in [5, 5.41) is 20.8. The van der Waals surface area contributed by atoms with E-state index in [2.05, 4.69) is 21.4 Å². The molecule has 0 aliphatic carbocycles. The number of nitrogens with one attached hydrogen (secondary N) is 1. The predicted molar refractivity (Wildman–Crippen MR) is 76.8 cm³/mol. The molecule has 2 rings (SSSR count). The minimum absolute atomic E-state index is 0.0683. The van der Waals surface area contributed by atoms with Crippen molar-refractivity contribution < 1.29 is 5.11 Å². The minimum atomic E-state index is 0.0683. The predicted octanol–water partition coefficient (Wildman–Crippen LogP) is 1.52. The highest BCUT2D eigenvalue weighted by atomic mass is 16.3. The summed E-state index contributed by atoms with van der Waals surface area (Å²) in [6, 6.07) is 11.0. The Kier molecular flexibility index (Phi) is 4.47. The zero-order valence-corrected chi connectivity index (χ0v) is 11.1. The van der Waals surface area contributed by atoms with Crippen LogP contribution in [0.2, 0.25) is 0 Å². The second-order valence-electron chi connectivity index (χ2n) is 4.22. The molecule has 1 aromatic heterocycles. The van der Waals surface area contributed by atoms with Gasteiger partial charge in [-0.05, 0) is 24.3 Å². The van der Waals surface area contributed by atoms with Crippen molar-refractivity contribution in [2.75, 3.05) is 30.4 Å². The third-order valence-corrected chi connectivity index (χ3v) is 2.77. The maximum atomic E-state index is 8.92. The molecule has 6 heteroatoms. The second-order valence-corrected chi connectivity index (χ2v) is 4.22. The van der Waals surface area contributed by atoms with Crippen LogP contribution in [0.1, 0.15) is 5.56 Å². The van der Waals surface area contributed by atoms with Crippen molar-refractivity contribution in [3.8, 4) is 6.07 Å². The van der Waals surface area contributed by atoms with E-state index in [0.29, 0.717) is 17.9 Å². The molecule has 0 saturated carbocycles. The highest BCUT2D eigenvalue weighted by Gasteiger charge is 2.04. The molecule has 0 aliphatic heterocycles. The third-order valence-electron chi connectivity index (χ3n) is 2.77. The van der Waals surface area contributed by atoms with Gasteiger partial charge in [0.25, 0.3) is 0 Å². The summed E-state index contributed by atoms with van der Waals surface area (Å²) in [4.78, 5) is 10.1. The lowest BCUT2D eigenvalue weighted by Gasteiger charge is -2.17. The van der Waals surface area contributed by atoms with Crippen LogP contribution in [0.3, 0.4) is 0 Å². The van der Waals surface area contributed by atoms with Crippen LogP contribution in [0.5, 0.6) is 0 Å². The first-order chi connectivity index (χ1) is 9.72. The number of hydrogen-bond donors (Lipinski definition) is 2. The number of anilines is 3. The van der Waals surface area contributed by atoms with Gasteiger partial charge in [-0.15, -0.1) is 0 Å². The van der Waals surface area contributed by atoms with E-state index in [4.69, 9.17) is 10.4 Å². The number of rotatable bonds is 5. The third kappa shape index (κ3) is 3.43. The Labute approximate surface area is 117 Å². The number of hydrogen-bond acceptors (Lipinski definition) is 6. The number of likely N-dealkylation sites (N-methyl/N-ethyl adjacent to an activating group) is 1. The van der Waals surface area contributed by atoms with Gasteiger partial charge in [-0.3, -0.25) is 0 Å². The summed E-state index contributed by atoms with van der Waals surface area (Å²) in [5.41, 5.74) is 1.46. The van der Waals surface area contributed by atoms with Crippen molar-refractivity contribution in [2.45, 2.75) is 0 Å². The van der Waals surface area contributed by atoms with Crippen molar-refractivity contribution in [3.63, 3.8) is 0 Å². The first kappa shape index (κ1) is 13.8. The average molecular weight is 269 g/mol. The molecule has 0 saturated heterocycles. The first-order valence-corrected chi connectivity index (χ1v) is 6.14. The lowest BCUT2D eigenvalue weighted by atomic mass is 10.2. The smallest absolute Gasteiger partial charge is 0.135 e. The van der Waals surface area contributed by atoms with E-state index < -0.39 is 0 Å². The summed E-state index contributed by atoms with van der Waals surface area (Å²) in [5.74, 6) is 1.38. The molecule has 0 radical (unpaired) electrons. The fourth-order valence-electron chi connectivity index (χ4n) is 1.66. The molecular weight excluding hydrogens is 254 g/mol. The van der Waals surface area contributed by atoms with Gasteiger partial charge >= 0.3 is 0 Å². The molecule has 1 aromatic carbocycles. The largest absolute Gasteiger partial charge is 0.395 e. The van der Waals surface area contributed by atoms with Crippen LogP contribution < -0.4 is 10.2 Å². The van der Waals surface area contributed by atoms with Crippen molar-refractivity contribution in [3.05, 3.63) is 42.2 Å². The van der Waals surface area contributed by atoms with E-state index in [1.54, 1.807) is 18.2 Å². The fourth-order valence-corrected chi connectivity index (χ4v) is 1.66. The standard InChI is InChI=1S/C14H15N5O/c1-19(6-7-20)14-8-13(16-10-17-14)18-12-4-2-11(9-15)3-5-12/h2-5,8,10,20H,6-7H2,1H3,(H,16,17,18). The molecule has 0 bridgehead atoms. The number of benzene rings is 1. The molecule has 0 amide bonds. The maximum Gasteiger partial charge on any atom is 0.135 e. The number of aliphatic hydroxyl groups is 1. The number of nitriles is 1. The Hall–Kier alpha value is -2.65. The van der Waals surface area contributed by atoms with Gasteiger partial charge in [0.05, 0.1) is 18.2 Å². The van der Waals surface area contributed by atoms with Crippen molar-refractivity contribution >= 4 is 17.3 Å². The Balaban J connectivity index is 2.12. The molecule has 0 atom stereocenters. The summed E-state index contributed by atoms with van der Waals surface area (Å²) in [6.07, 6.45) is 1.47. The number of aliphatic hydroxyl groups excluding tert-OH is 1. The van der Waals surface area contributed by atoms with Crippen LogP contribution in [-0.2, 0) is 0 Å². The molecule has 0 fully saturated rings. The summed E-state index contributed by atoms with van der Waals surface area (Å²) < 4.78 is 0. The van der Waals surface area contributed by atoms with Crippen LogP contribution in [0.15, 0.2) is 36.7 Å². The molecule has 20 heavy (non-hydrogen) atoms. The first-order valence-electron chi connectivity index (χ1n) is 6.14. The van der Waals surface area contributed by atoms with Gasteiger partial charge in [0.1, 0.15) is 18.0 Å². The number of aromatic nitrogens is 2. The SMILES string of the molecule is CN(CCO)c1cc(Nc2ccc(C#N)cc2)ncn1. The Bertz CT molecular complexity index is 606. The number of nitrogens with zero attached hydrogens (tertiary/aromatic N) is 4. The van der Waals surface area contributed by atoms with E-state index in [-0.39, 0.29) is 6.61 Å². The molecule has 2 aromatic rings. The van der Waals surface area contributed by atoms with Gasteiger partial charge < -0.3 is 15.3 Å². The molecule has 102 valence electrons. The van der Waals surface area contributed by atoms with Gasteiger partial charge in [-0.1, -0.05) is 0 Å².